The molecule has 9 heteroatoms. The lowest BCUT2D eigenvalue weighted by Crippen LogP contribution is -2.20. The van der Waals surface area contributed by atoms with Gasteiger partial charge in [-0.1, -0.05) is 42.1 Å². The second kappa shape index (κ2) is 10.9. The van der Waals surface area contributed by atoms with E-state index in [1.165, 1.54) is 18.0 Å². The summed E-state index contributed by atoms with van der Waals surface area (Å²) >= 11 is 1.30. The van der Waals surface area contributed by atoms with Crippen LogP contribution >= 0.6 is 11.8 Å². The fourth-order valence-corrected chi connectivity index (χ4v) is 3.33. The number of amides is 1. The Hall–Kier alpha value is -3.46. The van der Waals surface area contributed by atoms with Gasteiger partial charge in [-0.25, -0.2) is 5.43 Å². The highest BCUT2D eigenvalue weighted by molar-refractivity contribution is 7.99. The number of hydrogen-bond donors (Lipinski definition) is 2. The molecule has 0 aliphatic heterocycles. The number of carbonyl (C=O) groups excluding carboxylic acids is 1. The van der Waals surface area contributed by atoms with Gasteiger partial charge < -0.3 is 9.88 Å². The molecule has 1 aromatic carbocycles. The second-order valence-corrected chi connectivity index (χ2v) is 7.25. The van der Waals surface area contributed by atoms with Crippen molar-refractivity contribution in [2.45, 2.75) is 25.2 Å². The summed E-state index contributed by atoms with van der Waals surface area (Å²) in [6.07, 6.45) is 3.29. The molecule has 0 bridgehead atoms. The Bertz CT molecular complexity index is 1020. The molecule has 0 fully saturated rings. The largest absolute Gasteiger partial charge is 0.378 e. The molecular weight excluding hydrogens is 398 g/mol. The number of nitrogens with one attached hydrogen (secondary N) is 2. The minimum atomic E-state index is -0.235. The molecule has 0 aliphatic rings. The number of aryl methyl sites for hydroxylation is 1. The third-order valence-electron chi connectivity index (χ3n) is 3.96. The van der Waals surface area contributed by atoms with E-state index in [0.29, 0.717) is 23.9 Å². The van der Waals surface area contributed by atoms with Crippen molar-refractivity contribution in [3.05, 3.63) is 78.4 Å². The van der Waals surface area contributed by atoms with Crippen LogP contribution in [0.2, 0.25) is 0 Å². The third kappa shape index (κ3) is 6.28. The lowest BCUT2D eigenvalue weighted by atomic mass is 10.3. The number of rotatable bonds is 10. The van der Waals surface area contributed by atoms with E-state index in [1.54, 1.807) is 6.08 Å². The zero-order chi connectivity index (χ0) is 21.2. The highest BCUT2D eigenvalue weighted by Gasteiger charge is 2.13. The van der Waals surface area contributed by atoms with Crippen LogP contribution in [0, 0.1) is 6.92 Å². The van der Waals surface area contributed by atoms with Crippen LogP contribution in [-0.2, 0) is 17.9 Å². The number of anilines is 1. The summed E-state index contributed by atoms with van der Waals surface area (Å²) in [5.74, 6) is 0.700. The minimum Gasteiger partial charge on any atom is -0.378 e. The molecule has 8 nitrogen and oxygen atoms in total. The van der Waals surface area contributed by atoms with Crippen LogP contribution in [0.1, 0.15) is 17.2 Å². The number of pyridine rings is 1. The topological polar surface area (TPSA) is 97.1 Å². The Kier molecular flexibility index (Phi) is 7.73. The number of aromatic nitrogens is 4. The average Bonchev–Trinajstić information content (AvgIpc) is 3.13. The van der Waals surface area contributed by atoms with E-state index in [0.717, 1.165) is 17.2 Å². The van der Waals surface area contributed by atoms with Gasteiger partial charge in [-0.15, -0.1) is 16.8 Å². The summed E-state index contributed by atoms with van der Waals surface area (Å²) < 4.78 is 1.93. The van der Waals surface area contributed by atoms with E-state index >= 15 is 0 Å². The van der Waals surface area contributed by atoms with E-state index in [4.69, 9.17) is 0 Å². The molecule has 0 atom stereocenters. The van der Waals surface area contributed by atoms with Crippen molar-refractivity contribution in [3.8, 4) is 0 Å². The van der Waals surface area contributed by atoms with Gasteiger partial charge >= 0.3 is 0 Å². The first-order valence-corrected chi connectivity index (χ1v) is 10.3. The number of thioether (sulfide) groups is 1. The van der Waals surface area contributed by atoms with Crippen LogP contribution in [0.25, 0.3) is 0 Å². The van der Waals surface area contributed by atoms with E-state index in [1.807, 2.05) is 60.0 Å². The summed E-state index contributed by atoms with van der Waals surface area (Å²) in [5.41, 5.74) is 5.08. The van der Waals surface area contributed by atoms with Crippen molar-refractivity contribution in [3.63, 3.8) is 0 Å². The molecule has 2 N–H and O–H groups in total. The molecule has 0 spiro atoms. The number of para-hydroxylation sites is 1. The number of allylic oxidation sites excluding steroid dienone is 1. The van der Waals surface area contributed by atoms with Crippen molar-refractivity contribution < 1.29 is 4.79 Å². The third-order valence-corrected chi connectivity index (χ3v) is 4.92. The molecule has 2 heterocycles. The lowest BCUT2D eigenvalue weighted by molar-refractivity contribution is -0.118. The molecule has 0 aliphatic carbocycles. The zero-order valence-electron chi connectivity index (χ0n) is 16.7. The smallest absolute Gasteiger partial charge is 0.250 e. The van der Waals surface area contributed by atoms with Gasteiger partial charge in [0, 0.05) is 17.9 Å². The van der Waals surface area contributed by atoms with Gasteiger partial charge in [0.25, 0.3) is 5.91 Å². The van der Waals surface area contributed by atoms with Gasteiger partial charge in [0.1, 0.15) is 0 Å². The first kappa shape index (κ1) is 21.3. The fourth-order valence-electron chi connectivity index (χ4n) is 2.57. The summed E-state index contributed by atoms with van der Waals surface area (Å²) in [5, 5.41) is 16.4. The molecule has 1 amide bonds. The van der Waals surface area contributed by atoms with Gasteiger partial charge in [-0.2, -0.15) is 5.10 Å². The molecule has 3 aromatic rings. The van der Waals surface area contributed by atoms with Crippen molar-refractivity contribution in [2.24, 2.45) is 5.10 Å². The molecule has 0 saturated carbocycles. The quantitative estimate of drug-likeness (QED) is 0.226. The monoisotopic (exact) mass is 421 g/mol. The van der Waals surface area contributed by atoms with Gasteiger partial charge in [-0.05, 0) is 31.2 Å². The van der Waals surface area contributed by atoms with E-state index in [2.05, 4.69) is 37.6 Å². The SMILES string of the molecule is C=CCn1c(CNc2ccccc2)nnc1SCC(=O)N/N=C/c1cccc(C)n1. The highest BCUT2D eigenvalue weighted by atomic mass is 32.2. The molecule has 0 radical (unpaired) electrons. The maximum absolute atomic E-state index is 12.1. The fraction of sp³-hybridized carbons (Fsp3) is 0.190. The Morgan fingerprint density at radius 2 is 2.03 bits per heavy atom. The lowest BCUT2D eigenvalue weighted by Gasteiger charge is -2.09. The van der Waals surface area contributed by atoms with E-state index in [9.17, 15) is 4.79 Å². The van der Waals surface area contributed by atoms with E-state index in [-0.39, 0.29) is 11.7 Å². The normalized spacial score (nSPS) is 10.8. The number of hydrazone groups is 1. The number of nitrogens with zero attached hydrogens (tertiary/aromatic N) is 5. The zero-order valence-corrected chi connectivity index (χ0v) is 17.5. The van der Waals surface area contributed by atoms with Crippen LogP contribution in [0.3, 0.4) is 0 Å². The standard InChI is InChI=1S/C21H23N7OS/c1-3-12-28-19(14-22-17-9-5-4-6-10-17)25-27-21(28)30-15-20(29)26-23-13-18-11-7-8-16(2)24-18/h3-11,13,22H,1,12,14-15H2,2H3,(H,26,29)/b23-13+. The Morgan fingerprint density at radius 3 is 2.80 bits per heavy atom. The number of benzene rings is 1. The minimum absolute atomic E-state index is 0.167. The molecule has 0 unspecified atom stereocenters. The Balaban J connectivity index is 1.54. The number of carbonyl (C=O) groups is 1. The first-order chi connectivity index (χ1) is 14.7. The average molecular weight is 422 g/mol. The van der Waals surface area contributed by atoms with Gasteiger partial charge in [-0.3, -0.25) is 9.78 Å². The predicted octanol–water partition coefficient (Wildman–Crippen LogP) is 3.02. The van der Waals surface area contributed by atoms with Crippen LogP contribution in [0.15, 0.2) is 71.4 Å². The van der Waals surface area contributed by atoms with E-state index < -0.39 is 0 Å². The maximum Gasteiger partial charge on any atom is 0.250 e. The molecule has 154 valence electrons. The molecular formula is C21H23N7OS. The van der Waals surface area contributed by atoms with Gasteiger partial charge in [0.15, 0.2) is 11.0 Å². The molecule has 2 aromatic heterocycles. The first-order valence-electron chi connectivity index (χ1n) is 9.36. The van der Waals surface area contributed by atoms with Crippen molar-refractivity contribution in [1.82, 2.24) is 25.2 Å². The highest BCUT2D eigenvalue weighted by Crippen LogP contribution is 2.18. The maximum atomic E-state index is 12.1. The Labute approximate surface area is 179 Å². The van der Waals surface area contributed by atoms with Crippen molar-refractivity contribution in [2.75, 3.05) is 11.1 Å². The van der Waals surface area contributed by atoms with Gasteiger partial charge in [0.2, 0.25) is 0 Å². The molecule has 3 rings (SSSR count). The van der Waals surface area contributed by atoms with Crippen LogP contribution in [0.5, 0.6) is 0 Å². The Morgan fingerprint density at radius 1 is 1.20 bits per heavy atom. The molecule has 0 saturated heterocycles. The predicted molar refractivity (Wildman–Crippen MR) is 119 cm³/mol. The summed E-state index contributed by atoms with van der Waals surface area (Å²) in [6, 6.07) is 15.5. The molecule has 30 heavy (non-hydrogen) atoms. The number of hydrogen-bond acceptors (Lipinski definition) is 7. The summed E-state index contributed by atoms with van der Waals surface area (Å²) in [4.78, 5) is 16.4. The van der Waals surface area contributed by atoms with Crippen molar-refractivity contribution in [1.29, 1.82) is 0 Å². The van der Waals surface area contributed by atoms with Gasteiger partial charge in [0.05, 0.1) is 24.2 Å². The van der Waals surface area contributed by atoms with Crippen molar-refractivity contribution >= 4 is 29.6 Å². The van der Waals surface area contributed by atoms with Crippen LogP contribution in [0.4, 0.5) is 5.69 Å². The van der Waals surface area contributed by atoms with Crippen LogP contribution in [-0.4, -0.2) is 37.6 Å². The summed E-state index contributed by atoms with van der Waals surface area (Å²) in [6.45, 7) is 6.77. The summed E-state index contributed by atoms with van der Waals surface area (Å²) in [7, 11) is 0. The van der Waals surface area contributed by atoms with Crippen LogP contribution < -0.4 is 10.7 Å². The second-order valence-electron chi connectivity index (χ2n) is 6.30.